The average molecular weight is 213 g/mol. The molecule has 0 aromatic heterocycles. The van der Waals surface area contributed by atoms with Crippen LogP contribution >= 0.6 is 0 Å². The normalized spacial score (nSPS) is 21.8. The van der Waals surface area contributed by atoms with E-state index in [-0.39, 0.29) is 0 Å². The largest absolute Gasteiger partial charge is 0.380 e. The number of ether oxygens (including phenoxy) is 1. The fourth-order valence-corrected chi connectivity index (χ4v) is 2.48. The molecule has 0 aromatic carbocycles. The second-order valence-electron chi connectivity index (χ2n) is 4.78. The lowest BCUT2D eigenvalue weighted by atomic mass is 9.92. The summed E-state index contributed by atoms with van der Waals surface area (Å²) in [5, 5.41) is 0. The highest BCUT2D eigenvalue weighted by Gasteiger charge is 2.21. The maximum atomic E-state index is 5.48. The molecule has 2 nitrogen and oxygen atoms in total. The first kappa shape index (κ1) is 13.0. The molecule has 15 heavy (non-hydrogen) atoms. The first-order valence-electron chi connectivity index (χ1n) is 6.59. The molecule has 90 valence electrons. The van der Waals surface area contributed by atoms with Gasteiger partial charge in [0.1, 0.15) is 0 Å². The number of nitrogens with zero attached hydrogens (tertiary/aromatic N) is 1. The lowest BCUT2D eigenvalue weighted by Gasteiger charge is -2.35. The molecule has 0 N–H and O–H groups in total. The van der Waals surface area contributed by atoms with Gasteiger partial charge < -0.3 is 4.74 Å². The van der Waals surface area contributed by atoms with Crippen molar-refractivity contribution in [1.82, 2.24) is 4.90 Å². The van der Waals surface area contributed by atoms with Crippen molar-refractivity contribution < 1.29 is 4.74 Å². The monoisotopic (exact) mass is 213 g/mol. The van der Waals surface area contributed by atoms with E-state index in [1.165, 1.54) is 38.8 Å². The zero-order valence-corrected chi connectivity index (χ0v) is 10.7. The fraction of sp³-hybridized carbons (Fsp3) is 1.00. The van der Waals surface area contributed by atoms with Gasteiger partial charge in [0.05, 0.1) is 6.61 Å². The smallest absolute Gasteiger partial charge is 0.0618 e. The van der Waals surface area contributed by atoms with Crippen molar-refractivity contribution in [2.75, 3.05) is 26.3 Å². The molecule has 0 radical (unpaired) electrons. The Kier molecular flexibility index (Phi) is 6.26. The van der Waals surface area contributed by atoms with Crippen molar-refractivity contribution in [3.63, 3.8) is 0 Å². The molecule has 0 aromatic rings. The van der Waals surface area contributed by atoms with Crippen molar-refractivity contribution in [1.29, 1.82) is 0 Å². The van der Waals surface area contributed by atoms with Crippen molar-refractivity contribution in [2.24, 2.45) is 5.92 Å². The molecular weight excluding hydrogens is 186 g/mol. The summed E-state index contributed by atoms with van der Waals surface area (Å²) in [5.74, 6) is 0.991. The predicted octanol–water partition coefficient (Wildman–Crippen LogP) is 2.92. The Bertz CT molecular complexity index is 153. The van der Waals surface area contributed by atoms with Crippen LogP contribution in [0.15, 0.2) is 0 Å². The van der Waals surface area contributed by atoms with Crippen molar-refractivity contribution in [2.45, 2.75) is 52.5 Å². The number of hydrogen-bond donors (Lipinski definition) is 0. The van der Waals surface area contributed by atoms with Gasteiger partial charge in [-0.15, -0.1) is 0 Å². The molecule has 1 fully saturated rings. The summed E-state index contributed by atoms with van der Waals surface area (Å²) in [4.78, 5) is 2.59. The van der Waals surface area contributed by atoms with E-state index < -0.39 is 0 Å². The summed E-state index contributed by atoms with van der Waals surface area (Å²) in [6.45, 7) is 10.9. The van der Waals surface area contributed by atoms with Crippen LogP contribution in [0.25, 0.3) is 0 Å². The molecule has 1 aliphatic heterocycles. The van der Waals surface area contributed by atoms with E-state index in [4.69, 9.17) is 4.74 Å². The van der Waals surface area contributed by atoms with Gasteiger partial charge in [0, 0.05) is 12.6 Å². The third-order valence-corrected chi connectivity index (χ3v) is 3.53. The number of hydrogen-bond acceptors (Lipinski definition) is 2. The number of rotatable bonds is 6. The molecule has 1 aliphatic rings. The molecule has 0 bridgehead atoms. The van der Waals surface area contributed by atoms with Gasteiger partial charge in [-0.1, -0.05) is 19.8 Å². The van der Waals surface area contributed by atoms with Gasteiger partial charge >= 0.3 is 0 Å². The number of likely N-dealkylation sites (tertiary alicyclic amines) is 1. The summed E-state index contributed by atoms with van der Waals surface area (Å²) in [5.41, 5.74) is 0. The van der Waals surface area contributed by atoms with Crippen molar-refractivity contribution >= 4 is 0 Å². The average Bonchev–Trinajstić information content (AvgIpc) is 2.27. The van der Waals surface area contributed by atoms with E-state index in [0.717, 1.165) is 19.1 Å². The van der Waals surface area contributed by atoms with Gasteiger partial charge in [0.15, 0.2) is 0 Å². The predicted molar refractivity (Wildman–Crippen MR) is 65.2 cm³/mol. The van der Waals surface area contributed by atoms with Crippen LogP contribution in [0.1, 0.15) is 46.5 Å². The summed E-state index contributed by atoms with van der Waals surface area (Å²) in [6, 6.07) is 0.604. The van der Waals surface area contributed by atoms with E-state index in [1.807, 2.05) is 0 Å². The Morgan fingerprint density at radius 2 is 1.93 bits per heavy atom. The van der Waals surface area contributed by atoms with Crippen LogP contribution in [-0.2, 0) is 4.74 Å². The second-order valence-corrected chi connectivity index (χ2v) is 4.78. The van der Waals surface area contributed by atoms with E-state index in [1.54, 1.807) is 0 Å². The first-order chi connectivity index (χ1) is 7.27. The van der Waals surface area contributed by atoms with Crippen LogP contribution in [-0.4, -0.2) is 37.2 Å². The van der Waals surface area contributed by atoms with Crippen LogP contribution in [0.2, 0.25) is 0 Å². The van der Waals surface area contributed by atoms with Gasteiger partial charge in [-0.25, -0.2) is 0 Å². The molecule has 2 heteroatoms. The minimum absolute atomic E-state index is 0.604. The zero-order valence-electron chi connectivity index (χ0n) is 10.7. The maximum Gasteiger partial charge on any atom is 0.0618 e. The van der Waals surface area contributed by atoms with Crippen LogP contribution in [0.3, 0.4) is 0 Å². The fourth-order valence-electron chi connectivity index (χ4n) is 2.48. The van der Waals surface area contributed by atoms with Gasteiger partial charge in [-0.2, -0.15) is 0 Å². The van der Waals surface area contributed by atoms with Gasteiger partial charge in [-0.05, 0) is 45.7 Å². The highest BCUT2D eigenvalue weighted by atomic mass is 16.5. The van der Waals surface area contributed by atoms with Crippen LogP contribution in [0.5, 0.6) is 0 Å². The molecule has 1 unspecified atom stereocenters. The number of piperidine rings is 1. The summed E-state index contributed by atoms with van der Waals surface area (Å²) < 4.78 is 5.48. The third kappa shape index (κ3) is 4.52. The van der Waals surface area contributed by atoms with Gasteiger partial charge in [0.2, 0.25) is 0 Å². The van der Waals surface area contributed by atoms with E-state index in [9.17, 15) is 0 Å². The lowest BCUT2D eigenvalue weighted by molar-refractivity contribution is 0.0538. The summed E-state index contributed by atoms with van der Waals surface area (Å²) >= 11 is 0. The molecule has 1 heterocycles. The Labute approximate surface area is 95.0 Å². The Morgan fingerprint density at radius 3 is 2.47 bits per heavy atom. The second kappa shape index (κ2) is 7.24. The highest BCUT2D eigenvalue weighted by Crippen LogP contribution is 2.22. The zero-order chi connectivity index (χ0) is 11.1. The Hall–Kier alpha value is -0.0800. The Balaban J connectivity index is 2.18. The quantitative estimate of drug-likeness (QED) is 0.672. The van der Waals surface area contributed by atoms with Crippen LogP contribution in [0.4, 0.5) is 0 Å². The van der Waals surface area contributed by atoms with E-state index >= 15 is 0 Å². The van der Waals surface area contributed by atoms with Crippen LogP contribution < -0.4 is 0 Å². The molecule has 1 saturated heterocycles. The summed E-state index contributed by atoms with van der Waals surface area (Å²) in [7, 11) is 0. The molecule has 0 spiro atoms. The topological polar surface area (TPSA) is 12.5 Å². The van der Waals surface area contributed by atoms with Crippen molar-refractivity contribution in [3.8, 4) is 0 Å². The Morgan fingerprint density at radius 1 is 1.27 bits per heavy atom. The minimum Gasteiger partial charge on any atom is -0.380 e. The first-order valence-corrected chi connectivity index (χ1v) is 6.59. The van der Waals surface area contributed by atoms with Gasteiger partial charge in [-0.3, -0.25) is 4.90 Å². The molecule has 0 aliphatic carbocycles. The van der Waals surface area contributed by atoms with E-state index in [2.05, 4.69) is 25.7 Å². The molecule has 1 atom stereocenters. The van der Waals surface area contributed by atoms with E-state index in [0.29, 0.717) is 6.04 Å². The third-order valence-electron chi connectivity index (χ3n) is 3.53. The summed E-state index contributed by atoms with van der Waals surface area (Å²) in [6.07, 6.45) is 5.56. The SMILES string of the molecule is CCCC1CCN(C(C)COCC)CC1. The molecule has 1 rings (SSSR count). The van der Waals surface area contributed by atoms with Crippen molar-refractivity contribution in [3.05, 3.63) is 0 Å². The lowest BCUT2D eigenvalue weighted by Crippen LogP contribution is -2.42. The molecule has 0 saturated carbocycles. The van der Waals surface area contributed by atoms with Crippen LogP contribution in [0, 0.1) is 5.92 Å². The molecular formula is C13H27NO. The minimum atomic E-state index is 0.604. The maximum absolute atomic E-state index is 5.48. The van der Waals surface area contributed by atoms with Gasteiger partial charge in [0.25, 0.3) is 0 Å². The molecule has 0 amide bonds. The standard InChI is InChI=1S/C13H27NO/c1-4-6-13-7-9-14(10-8-13)12(3)11-15-5-2/h12-13H,4-11H2,1-3H3. The highest BCUT2D eigenvalue weighted by molar-refractivity contribution is 4.75.